The molecule has 0 radical (unpaired) electrons. The van der Waals surface area contributed by atoms with E-state index in [0.29, 0.717) is 0 Å². The van der Waals surface area contributed by atoms with Gasteiger partial charge in [-0.1, -0.05) is 36.4 Å². The van der Waals surface area contributed by atoms with Crippen molar-refractivity contribution in [3.63, 3.8) is 0 Å². The number of rotatable bonds is 5. The van der Waals surface area contributed by atoms with Gasteiger partial charge in [-0.3, -0.25) is 9.79 Å². The van der Waals surface area contributed by atoms with Crippen LogP contribution in [0.25, 0.3) is 10.4 Å². The number of carbonyl (C=O) groups excluding carboxylic acids is 1. The summed E-state index contributed by atoms with van der Waals surface area (Å²) in [6.45, 7) is 1.87. The zero-order valence-electron chi connectivity index (χ0n) is 15.4. The number of halogens is 2. The van der Waals surface area contributed by atoms with E-state index in [1.54, 1.807) is 11.3 Å². The summed E-state index contributed by atoms with van der Waals surface area (Å²) in [6.07, 6.45) is 0. The average molecular weight is 430 g/mol. The highest BCUT2D eigenvalue weighted by atomic mass is 32.2. The molecule has 0 saturated carbocycles. The smallest absolute Gasteiger partial charge is 0.234 e. The van der Waals surface area contributed by atoms with Gasteiger partial charge < -0.3 is 10.6 Å². The van der Waals surface area contributed by atoms with Crippen molar-refractivity contribution in [3.8, 4) is 10.4 Å². The van der Waals surface area contributed by atoms with Crippen molar-refractivity contribution in [2.75, 3.05) is 16.4 Å². The first-order valence-electron chi connectivity index (χ1n) is 8.87. The zero-order chi connectivity index (χ0) is 20.4. The van der Waals surface area contributed by atoms with E-state index >= 15 is 0 Å². The highest BCUT2D eigenvalue weighted by molar-refractivity contribution is 8.00. The number of amidine groups is 1. The molecule has 1 aliphatic rings. The summed E-state index contributed by atoms with van der Waals surface area (Å²) in [6, 6.07) is 15.6. The van der Waals surface area contributed by atoms with Gasteiger partial charge in [-0.2, -0.15) is 0 Å². The van der Waals surface area contributed by atoms with Crippen LogP contribution in [0.2, 0.25) is 0 Å². The Balaban J connectivity index is 1.48. The topological polar surface area (TPSA) is 53.5 Å². The molecule has 1 amide bonds. The Hall–Kier alpha value is -2.71. The van der Waals surface area contributed by atoms with Gasteiger partial charge in [0, 0.05) is 10.4 Å². The number of amides is 1. The van der Waals surface area contributed by atoms with Crippen LogP contribution < -0.4 is 10.6 Å². The van der Waals surface area contributed by atoms with Crippen LogP contribution in [-0.2, 0) is 4.79 Å². The Morgan fingerprint density at radius 1 is 1.17 bits per heavy atom. The minimum Gasteiger partial charge on any atom is -0.336 e. The van der Waals surface area contributed by atoms with Crippen molar-refractivity contribution in [1.29, 1.82) is 0 Å². The largest absolute Gasteiger partial charge is 0.336 e. The number of para-hydroxylation sites is 1. The molecule has 1 aliphatic heterocycles. The van der Waals surface area contributed by atoms with Crippen LogP contribution in [0.1, 0.15) is 17.9 Å². The fourth-order valence-electron chi connectivity index (χ4n) is 2.95. The van der Waals surface area contributed by atoms with Crippen LogP contribution in [0.4, 0.5) is 19.5 Å². The van der Waals surface area contributed by atoms with Crippen molar-refractivity contribution in [2.24, 2.45) is 4.99 Å². The van der Waals surface area contributed by atoms with Gasteiger partial charge in [0.25, 0.3) is 0 Å². The Labute approximate surface area is 175 Å². The number of anilines is 2. The van der Waals surface area contributed by atoms with E-state index in [1.807, 2.05) is 37.3 Å². The maximum Gasteiger partial charge on any atom is 0.234 e. The summed E-state index contributed by atoms with van der Waals surface area (Å²) in [4.78, 5) is 18.0. The molecule has 2 heterocycles. The first-order valence-corrected chi connectivity index (χ1v) is 10.7. The van der Waals surface area contributed by atoms with E-state index in [0.717, 1.165) is 39.0 Å². The molecular formula is C21H17F2N3OS2. The van der Waals surface area contributed by atoms with Crippen molar-refractivity contribution >= 4 is 45.5 Å². The minimum atomic E-state index is -0.799. The van der Waals surface area contributed by atoms with Crippen molar-refractivity contribution in [2.45, 2.75) is 12.3 Å². The number of hydrogen-bond donors (Lipinski definition) is 2. The molecule has 1 aromatic heterocycles. The molecule has 29 heavy (non-hydrogen) atoms. The molecule has 0 saturated heterocycles. The van der Waals surface area contributed by atoms with Gasteiger partial charge in [-0.05, 0) is 30.7 Å². The Bertz CT molecular complexity index is 1060. The third kappa shape index (κ3) is 4.33. The molecule has 2 N–H and O–H groups in total. The van der Waals surface area contributed by atoms with Gasteiger partial charge in [-0.15, -0.1) is 23.1 Å². The van der Waals surface area contributed by atoms with Crippen molar-refractivity contribution in [1.82, 2.24) is 0 Å². The molecule has 0 spiro atoms. The monoisotopic (exact) mass is 429 g/mol. The number of thiophene rings is 1. The second-order valence-electron chi connectivity index (χ2n) is 6.41. The van der Waals surface area contributed by atoms with Crippen LogP contribution in [0.3, 0.4) is 0 Å². The summed E-state index contributed by atoms with van der Waals surface area (Å²) in [5, 5.41) is 6.32. The first kappa shape index (κ1) is 19.6. The molecular weight excluding hydrogens is 412 g/mol. The van der Waals surface area contributed by atoms with Crippen LogP contribution in [-0.4, -0.2) is 17.5 Å². The van der Waals surface area contributed by atoms with Gasteiger partial charge >= 0.3 is 0 Å². The number of aliphatic imine (C=N–C) groups is 1. The number of thioether (sulfide) groups is 1. The van der Waals surface area contributed by atoms with Gasteiger partial charge in [0.1, 0.15) is 27.7 Å². The Kier molecular flexibility index (Phi) is 5.64. The number of nitrogens with one attached hydrogen (secondary N) is 2. The van der Waals surface area contributed by atoms with Gasteiger partial charge in [0.2, 0.25) is 5.91 Å². The summed E-state index contributed by atoms with van der Waals surface area (Å²) in [5.41, 5.74) is 1.68. The lowest BCUT2D eigenvalue weighted by atomic mass is 10.1. The van der Waals surface area contributed by atoms with E-state index in [-0.39, 0.29) is 11.1 Å². The summed E-state index contributed by atoms with van der Waals surface area (Å²) in [5.74, 6) is -1.30. The molecule has 0 bridgehead atoms. The van der Waals surface area contributed by atoms with Crippen LogP contribution in [0, 0.1) is 11.6 Å². The molecule has 1 unspecified atom stereocenters. The number of benzene rings is 2. The lowest BCUT2D eigenvalue weighted by molar-refractivity contribution is -0.113. The standard InChI is InChI=1S/C21H17F2N3OS2/c1-12-24-20(28-11-18(27)26-19-15(22)8-5-9-16(19)23)14-10-17(29-21(14)25-12)13-6-3-2-4-7-13/h2-10,20H,11H2,1H3,(H,24,25)(H,26,27). The van der Waals surface area contributed by atoms with E-state index in [9.17, 15) is 13.6 Å². The number of nitrogens with zero attached hydrogens (tertiary/aromatic N) is 1. The van der Waals surface area contributed by atoms with E-state index < -0.39 is 23.2 Å². The summed E-state index contributed by atoms with van der Waals surface area (Å²) >= 11 is 2.95. The van der Waals surface area contributed by atoms with E-state index in [1.165, 1.54) is 17.8 Å². The van der Waals surface area contributed by atoms with Crippen LogP contribution in [0.5, 0.6) is 0 Å². The molecule has 4 rings (SSSR count). The predicted octanol–water partition coefficient (Wildman–Crippen LogP) is 5.91. The number of carbonyl (C=O) groups is 1. The van der Waals surface area contributed by atoms with Gasteiger partial charge in [0.05, 0.1) is 11.6 Å². The number of fused-ring (bicyclic) bond motifs is 1. The first-order chi connectivity index (χ1) is 14.0. The predicted molar refractivity (Wildman–Crippen MR) is 117 cm³/mol. The number of hydrogen-bond acceptors (Lipinski definition) is 5. The molecule has 8 heteroatoms. The van der Waals surface area contributed by atoms with E-state index in [2.05, 4.69) is 21.7 Å². The second-order valence-corrected chi connectivity index (χ2v) is 8.53. The maximum atomic E-state index is 13.7. The molecule has 0 fully saturated rings. The van der Waals surface area contributed by atoms with Crippen LogP contribution >= 0.6 is 23.1 Å². The highest BCUT2D eigenvalue weighted by Crippen LogP contribution is 2.45. The average Bonchev–Trinajstić information content (AvgIpc) is 3.14. The zero-order valence-corrected chi connectivity index (χ0v) is 17.0. The normalized spacial score (nSPS) is 15.3. The fraction of sp³-hybridized carbons (Fsp3) is 0.143. The summed E-state index contributed by atoms with van der Waals surface area (Å²) in [7, 11) is 0. The minimum absolute atomic E-state index is 0.0190. The summed E-state index contributed by atoms with van der Waals surface area (Å²) < 4.78 is 27.5. The lowest BCUT2D eigenvalue weighted by Crippen LogP contribution is -2.19. The van der Waals surface area contributed by atoms with E-state index in [4.69, 9.17) is 0 Å². The third-order valence-electron chi connectivity index (χ3n) is 4.29. The van der Waals surface area contributed by atoms with Gasteiger partial charge in [-0.25, -0.2) is 8.78 Å². The second kappa shape index (κ2) is 8.34. The molecule has 1 atom stereocenters. The van der Waals surface area contributed by atoms with Crippen molar-refractivity contribution in [3.05, 3.63) is 71.8 Å². The highest BCUT2D eigenvalue weighted by Gasteiger charge is 2.25. The molecule has 3 aromatic rings. The lowest BCUT2D eigenvalue weighted by Gasteiger charge is -2.20. The quantitative estimate of drug-likeness (QED) is 0.530. The molecule has 148 valence electrons. The Morgan fingerprint density at radius 2 is 1.90 bits per heavy atom. The van der Waals surface area contributed by atoms with Crippen LogP contribution in [0.15, 0.2) is 59.6 Å². The Morgan fingerprint density at radius 3 is 2.62 bits per heavy atom. The third-order valence-corrected chi connectivity index (χ3v) is 6.51. The maximum absolute atomic E-state index is 13.7. The molecule has 4 nitrogen and oxygen atoms in total. The van der Waals surface area contributed by atoms with Crippen molar-refractivity contribution < 1.29 is 13.6 Å². The van der Waals surface area contributed by atoms with Gasteiger partial charge in [0.15, 0.2) is 0 Å². The fourth-order valence-corrected chi connectivity index (χ4v) is 5.15. The molecule has 2 aromatic carbocycles. The SMILES string of the molecule is CC1=NC(SCC(=O)Nc2c(F)cccc2F)c2cc(-c3ccccc3)sc2N1. The molecule has 0 aliphatic carbocycles.